The number of nitrogens with zero attached hydrogens (tertiary/aromatic N) is 5. The van der Waals surface area contributed by atoms with Crippen LogP contribution in [0.1, 0.15) is 0 Å². The zero-order valence-corrected chi connectivity index (χ0v) is 68.0. The first kappa shape index (κ1) is 75.1. The van der Waals surface area contributed by atoms with Crippen LogP contribution in [0.4, 0.5) is 39.8 Å². The summed E-state index contributed by atoms with van der Waals surface area (Å²) in [5.74, 6) is 0. The smallest absolute Gasteiger partial charge is 0.0652 e. The van der Waals surface area contributed by atoms with Gasteiger partial charge in [-0.15, -0.1) is 0 Å². The predicted molar refractivity (Wildman–Crippen MR) is 506 cm³/mol. The Kier molecular flexibility index (Phi) is 22.1. The van der Waals surface area contributed by atoms with E-state index in [1.807, 2.05) is 0 Å². The van der Waals surface area contributed by atoms with E-state index < -0.39 is 28.2 Å². The fraction of sp³-hybridized carbons (Fsp3) is 0. The van der Waals surface area contributed by atoms with Crippen LogP contribution >= 0.6 is 28.2 Å². The third kappa shape index (κ3) is 15.3. The lowest BCUT2D eigenvalue weighted by Crippen LogP contribution is -2.25. The van der Waals surface area contributed by atoms with E-state index in [1.54, 1.807) is 0 Å². The molecule has 18 aromatic rings. The zero-order valence-electron chi connectivity index (χ0n) is 64.4. The monoisotopic (exact) mass is 1570 g/mol. The minimum atomic E-state index is -2.77. The van der Waals surface area contributed by atoms with Crippen molar-refractivity contribution >= 4 is 132 Å². The number of hydrogen-bond donors (Lipinski definition) is 0. The molecule has 0 aromatic heterocycles. The van der Waals surface area contributed by atoms with E-state index in [0.717, 1.165) is 105 Å². The number of hydrogen-bond acceptors (Lipinski definition) is 5. The molecule has 0 heterocycles. The normalized spacial score (nSPS) is 11.6. The predicted octanol–water partition coefficient (Wildman–Crippen LogP) is 25.4. The molecule has 0 saturated heterocycles. The van der Waals surface area contributed by atoms with Gasteiger partial charge < -0.3 is 4.90 Å². The van der Waals surface area contributed by atoms with Crippen molar-refractivity contribution in [1.82, 2.24) is 0 Å². The Morgan fingerprint density at radius 3 is 0.444 bits per heavy atom. The van der Waals surface area contributed by atoms with Crippen molar-refractivity contribution < 1.29 is 0 Å². The second-order valence-corrected chi connectivity index (χ2v) is 40.9. The molecule has 0 amide bonds. The molecule has 0 atom stereocenters. The largest absolute Gasteiger partial charge is 0.311 e. The molecule has 0 spiro atoms. The highest BCUT2D eigenvalue weighted by molar-refractivity contribution is 7.89. The summed E-state index contributed by atoms with van der Waals surface area (Å²) in [5.41, 5.74) is 13.0. The maximum atomic E-state index is 6.23. The fourth-order valence-corrected chi connectivity index (χ4v) is 30.2. The first-order chi connectivity index (χ1) is 57.9. The van der Waals surface area contributed by atoms with E-state index in [0.29, 0.717) is 0 Å². The lowest BCUT2D eigenvalue weighted by atomic mass is 10.0. The highest BCUT2D eigenvalue weighted by Crippen LogP contribution is 2.55. The zero-order chi connectivity index (χ0) is 78.5. The Balaban J connectivity index is 0.773. The van der Waals surface area contributed by atoms with Crippen molar-refractivity contribution in [3.8, 4) is 33.4 Å². The average Bonchev–Trinajstić information content (AvgIpc) is 0.761. The molecule has 0 aliphatic heterocycles. The van der Waals surface area contributed by atoms with Gasteiger partial charge in [0.05, 0.1) is 51.0 Å². The van der Waals surface area contributed by atoms with Gasteiger partial charge in [-0.1, -0.05) is 425 Å². The molecule has 0 bridgehead atoms. The third-order valence-electron chi connectivity index (χ3n) is 21.6. The lowest BCUT2D eigenvalue weighted by Gasteiger charge is -2.28. The molecule has 0 radical (unpaired) electrons. The van der Waals surface area contributed by atoms with Crippen LogP contribution in [0.25, 0.3) is 33.4 Å². The Labute approximate surface area is 687 Å². The minimum Gasteiger partial charge on any atom is -0.311 e. The van der Waals surface area contributed by atoms with Crippen molar-refractivity contribution in [2.24, 2.45) is 19.0 Å². The number of benzene rings is 18. The van der Waals surface area contributed by atoms with Crippen molar-refractivity contribution in [3.63, 3.8) is 0 Å². The van der Waals surface area contributed by atoms with Crippen LogP contribution in [-0.2, 0) is 0 Å². The van der Waals surface area contributed by atoms with Crippen molar-refractivity contribution in [2.45, 2.75) is 0 Å². The summed E-state index contributed by atoms with van der Waals surface area (Å²) in [6.45, 7) is 0. The van der Waals surface area contributed by atoms with Gasteiger partial charge in [-0.2, -0.15) is 0 Å². The molecule has 0 aliphatic rings. The van der Waals surface area contributed by atoms with E-state index in [9.17, 15) is 0 Å². The summed E-state index contributed by atoms with van der Waals surface area (Å²) in [5, 5.41) is 14.2. The summed E-state index contributed by atoms with van der Waals surface area (Å²) < 4.78 is 24.1. The summed E-state index contributed by atoms with van der Waals surface area (Å²) >= 11 is 0. The maximum absolute atomic E-state index is 6.23. The minimum absolute atomic E-state index is 0.838. The van der Waals surface area contributed by atoms with Gasteiger partial charge in [-0.25, -0.2) is 0 Å². The van der Waals surface area contributed by atoms with Crippen LogP contribution in [0, 0.1) is 0 Å². The number of anilines is 3. The van der Waals surface area contributed by atoms with Gasteiger partial charge in [-0.3, -0.25) is 19.0 Å². The maximum Gasteiger partial charge on any atom is 0.0652 e. The Morgan fingerprint density at radius 1 is 0.128 bits per heavy atom. The van der Waals surface area contributed by atoms with Crippen LogP contribution in [0.5, 0.6) is 0 Å². The molecule has 0 unspecified atom stereocenters. The van der Waals surface area contributed by atoms with Gasteiger partial charge in [0.2, 0.25) is 0 Å². The van der Waals surface area contributed by atoms with Gasteiger partial charge in [0.25, 0.3) is 0 Å². The van der Waals surface area contributed by atoms with E-state index in [4.69, 9.17) is 19.0 Å². The van der Waals surface area contributed by atoms with Crippen molar-refractivity contribution in [3.05, 3.63) is 504 Å². The van der Waals surface area contributed by atoms with Gasteiger partial charge >= 0.3 is 0 Å². The molecule has 18 aromatic carbocycles. The van der Waals surface area contributed by atoms with Crippen molar-refractivity contribution in [2.75, 3.05) is 4.90 Å². The van der Waals surface area contributed by atoms with Crippen LogP contribution in [0.3, 0.4) is 0 Å². The molecule has 0 aliphatic carbocycles. The fourth-order valence-electron chi connectivity index (χ4n) is 16.1. The summed E-state index contributed by atoms with van der Waals surface area (Å²) in [4.78, 5) is 2.37. The summed E-state index contributed by atoms with van der Waals surface area (Å²) in [6, 6.07) is 182. The quantitative estimate of drug-likeness (QED) is 0.0624. The highest BCUT2D eigenvalue weighted by Gasteiger charge is 2.33. The molecule has 0 N–H and O–H groups in total. The van der Waals surface area contributed by atoms with Crippen LogP contribution in [-0.4, -0.2) is 0 Å². The number of rotatable bonds is 22. The van der Waals surface area contributed by atoms with Crippen molar-refractivity contribution in [1.29, 1.82) is 0 Å². The van der Waals surface area contributed by atoms with Crippen LogP contribution < -0.4 is 68.6 Å². The summed E-state index contributed by atoms with van der Waals surface area (Å²) in [6.07, 6.45) is 0. The van der Waals surface area contributed by atoms with Crippen LogP contribution in [0.2, 0.25) is 0 Å². The average molecular weight is 1570 g/mol. The van der Waals surface area contributed by atoms with E-state index in [-0.39, 0.29) is 0 Å². The van der Waals surface area contributed by atoms with Crippen LogP contribution in [0.15, 0.2) is 522 Å². The molecular weight excluding hydrogens is 1490 g/mol. The van der Waals surface area contributed by atoms with E-state index in [2.05, 4.69) is 508 Å². The van der Waals surface area contributed by atoms with E-state index >= 15 is 0 Å². The Bertz CT molecular complexity index is 5810. The summed E-state index contributed by atoms with van der Waals surface area (Å²) in [7, 11) is -10.5. The molecule has 9 heteroatoms. The molecule has 5 nitrogen and oxygen atoms in total. The van der Waals surface area contributed by atoms with Gasteiger partial charge in [0.15, 0.2) is 0 Å². The molecule has 560 valence electrons. The first-order valence-electron chi connectivity index (χ1n) is 39.6. The Morgan fingerprint density at radius 2 is 0.274 bits per heavy atom. The van der Waals surface area contributed by atoms with E-state index in [1.165, 1.54) is 31.8 Å². The lowest BCUT2D eigenvalue weighted by molar-refractivity contribution is 1.28. The second kappa shape index (κ2) is 34.4. The highest BCUT2D eigenvalue weighted by atomic mass is 31.2. The molecule has 0 saturated carbocycles. The SMILES string of the molecule is c1ccc(P(=Nc2ccc(-c3ccc(N(c4ccc(-c5ccc(N=P(c6ccccc6)(c6ccccc6)c6ccccc6)cc5)cc4)c4ccc(-c5cc(N=P(c6ccccc6)(c6ccccc6)c6ccccc6)cc(N=P(c6ccccc6)(c6ccccc6)c6ccccc6)c5)cc4)cc3)cc2)(c2ccccc2)c2ccccc2)cc1. The second-order valence-electron chi connectivity index (χ2n) is 28.8. The molecule has 0 fully saturated rings. The standard InChI is InChI=1S/C108H83N5P4/c1-13-37-97(38-14-1)114(98-39-15-2-16-40-98,99-41-17-3-18-42-99)109-90-71-61-84(62-72-90)86-65-75-94(76-66-86)113(95-77-67-87(68-78-95)85-63-73-91(74-64-85)110-115(100-43-19-4-20-44-100,101-45-21-5-22-46-101)102-47-23-6-24-48-102)96-79-69-88(70-80-96)89-81-92(111-116(103-49-25-7-26-50-103,104-51-27-8-28-52-104)105-53-29-9-30-54-105)83-93(82-89)112-117(106-55-31-10-32-56-106,107-57-33-11-34-58-107)108-59-35-12-36-60-108/h1-83H. The molecule has 18 rings (SSSR count). The topological polar surface area (TPSA) is 52.7 Å². The molecule has 117 heavy (non-hydrogen) atoms. The first-order valence-corrected chi connectivity index (χ1v) is 46.5. The van der Waals surface area contributed by atoms with Gasteiger partial charge in [0, 0.05) is 80.7 Å². The third-order valence-corrected chi connectivity index (χ3v) is 36.3. The van der Waals surface area contributed by atoms with Gasteiger partial charge in [0.1, 0.15) is 0 Å². The Hall–Kier alpha value is -13.3. The van der Waals surface area contributed by atoms with Gasteiger partial charge in [-0.05, 0) is 112 Å². The molecular formula is C108H83N5P4.